The second-order valence-corrected chi connectivity index (χ2v) is 4.14. The molecule has 19 heavy (non-hydrogen) atoms. The molecule has 2 aromatic rings. The van der Waals surface area contributed by atoms with Crippen molar-refractivity contribution in [1.29, 1.82) is 0 Å². The molecule has 0 saturated heterocycles. The van der Waals surface area contributed by atoms with Crippen LogP contribution in [0.5, 0.6) is 0 Å². The van der Waals surface area contributed by atoms with Gasteiger partial charge in [0.2, 0.25) is 0 Å². The molecule has 1 aliphatic rings. The number of carbonyl (C=O) groups excluding carboxylic acids is 2. The van der Waals surface area contributed by atoms with Crippen molar-refractivity contribution in [3.63, 3.8) is 0 Å². The number of rotatable bonds is 2. The van der Waals surface area contributed by atoms with E-state index < -0.39 is 0 Å². The highest BCUT2D eigenvalue weighted by molar-refractivity contribution is 6.34. The van der Waals surface area contributed by atoms with Gasteiger partial charge in [-0.2, -0.15) is 0 Å². The lowest BCUT2D eigenvalue weighted by Gasteiger charge is -2.13. The Hall–Kier alpha value is -2.69. The molecule has 0 unspecified atom stereocenters. The highest BCUT2D eigenvalue weighted by Crippen LogP contribution is 2.27. The largest absolute Gasteiger partial charge is 0.373 e. The number of hydrogen-bond donors (Lipinski definition) is 1. The summed E-state index contributed by atoms with van der Waals surface area (Å²) in [5, 5.41) is 2.88. The average Bonchev–Trinajstić information content (AvgIpc) is 2.72. The fourth-order valence-electron chi connectivity index (χ4n) is 2.09. The second-order valence-electron chi connectivity index (χ2n) is 4.14. The van der Waals surface area contributed by atoms with E-state index in [2.05, 4.69) is 10.3 Å². The third-order valence-electron chi connectivity index (χ3n) is 3.06. The van der Waals surface area contributed by atoms with E-state index >= 15 is 0 Å². The third-order valence-corrected chi connectivity index (χ3v) is 3.06. The summed E-state index contributed by atoms with van der Waals surface area (Å²) in [5.41, 5.74) is 1.35. The highest BCUT2D eigenvalue weighted by Gasteiger charge is 2.36. The number of benzene rings is 1. The van der Waals surface area contributed by atoms with Gasteiger partial charge in [-0.05, 0) is 24.3 Å². The first-order chi connectivity index (χ1) is 9.22. The molecule has 1 aromatic carbocycles. The Kier molecular flexibility index (Phi) is 2.52. The predicted molar refractivity (Wildman–Crippen MR) is 71.4 cm³/mol. The lowest BCUT2D eigenvalue weighted by atomic mass is 10.1. The van der Waals surface area contributed by atoms with Gasteiger partial charge in [-0.3, -0.25) is 9.59 Å². The van der Waals surface area contributed by atoms with Crippen molar-refractivity contribution in [1.82, 2.24) is 4.98 Å². The number of nitrogens with one attached hydrogen (secondary N) is 1. The smallest absolute Gasteiger partial charge is 0.266 e. The molecule has 0 atom stereocenters. The Balaban J connectivity index is 2.03. The molecule has 1 aliphatic heterocycles. The molecule has 1 aromatic heterocycles. The van der Waals surface area contributed by atoms with E-state index in [1.807, 2.05) is 0 Å². The number of hydrogen-bond acceptors (Lipinski definition) is 4. The van der Waals surface area contributed by atoms with Crippen LogP contribution in [0.25, 0.3) is 0 Å². The van der Waals surface area contributed by atoms with Crippen molar-refractivity contribution >= 4 is 23.3 Å². The fraction of sp³-hybridized carbons (Fsp3) is 0.0714. The first kappa shape index (κ1) is 11.4. The standard InChI is InChI=1S/C14H11N3O2/c1-15-12-7-6-9(8-16-12)17-13(18)10-4-2-3-5-11(10)14(17)19/h2-8H,1H3,(H,15,16). The molecule has 0 fully saturated rings. The van der Waals surface area contributed by atoms with Gasteiger partial charge in [0, 0.05) is 7.05 Å². The van der Waals surface area contributed by atoms with Crippen molar-refractivity contribution < 1.29 is 9.59 Å². The lowest BCUT2D eigenvalue weighted by molar-refractivity contribution is 0.0926. The van der Waals surface area contributed by atoms with Crippen molar-refractivity contribution in [3.05, 3.63) is 53.7 Å². The summed E-state index contributed by atoms with van der Waals surface area (Å²) in [5.74, 6) is 0.0691. The van der Waals surface area contributed by atoms with E-state index in [-0.39, 0.29) is 11.8 Å². The van der Waals surface area contributed by atoms with Crippen LogP contribution >= 0.6 is 0 Å². The van der Waals surface area contributed by atoms with Gasteiger partial charge in [-0.1, -0.05) is 12.1 Å². The maximum absolute atomic E-state index is 12.2. The van der Waals surface area contributed by atoms with E-state index in [9.17, 15) is 9.59 Å². The van der Waals surface area contributed by atoms with Gasteiger partial charge in [0.05, 0.1) is 23.0 Å². The SMILES string of the molecule is CNc1ccc(N2C(=O)c3ccccc3C2=O)cn1. The molecule has 0 radical (unpaired) electrons. The summed E-state index contributed by atoms with van der Waals surface area (Å²) >= 11 is 0. The molecule has 0 spiro atoms. The van der Waals surface area contributed by atoms with E-state index in [1.165, 1.54) is 6.20 Å². The number of aromatic nitrogens is 1. The Labute approximate surface area is 109 Å². The topological polar surface area (TPSA) is 62.3 Å². The summed E-state index contributed by atoms with van der Waals surface area (Å²) in [6.07, 6.45) is 1.51. The molecule has 2 heterocycles. The van der Waals surface area contributed by atoms with Gasteiger partial charge in [0.1, 0.15) is 5.82 Å². The molecule has 0 saturated carbocycles. The Bertz CT molecular complexity index is 630. The lowest BCUT2D eigenvalue weighted by Crippen LogP contribution is -2.29. The summed E-state index contributed by atoms with van der Waals surface area (Å²) in [6.45, 7) is 0. The maximum Gasteiger partial charge on any atom is 0.266 e. The van der Waals surface area contributed by atoms with Crippen molar-refractivity contribution in [2.24, 2.45) is 0 Å². The van der Waals surface area contributed by atoms with Crippen LogP contribution < -0.4 is 10.2 Å². The van der Waals surface area contributed by atoms with Crippen LogP contribution in [0.2, 0.25) is 0 Å². The quantitative estimate of drug-likeness (QED) is 0.831. The summed E-state index contributed by atoms with van der Waals surface area (Å²) in [6, 6.07) is 10.2. The van der Waals surface area contributed by atoms with Crippen LogP contribution in [0.3, 0.4) is 0 Å². The van der Waals surface area contributed by atoms with E-state index in [4.69, 9.17) is 0 Å². The van der Waals surface area contributed by atoms with Gasteiger partial charge in [-0.15, -0.1) is 0 Å². The van der Waals surface area contributed by atoms with Gasteiger partial charge in [-0.25, -0.2) is 9.88 Å². The predicted octanol–water partition coefficient (Wildman–Crippen LogP) is 1.92. The van der Waals surface area contributed by atoms with Gasteiger partial charge >= 0.3 is 0 Å². The number of pyridine rings is 1. The number of amides is 2. The number of fused-ring (bicyclic) bond motifs is 1. The number of nitrogens with zero attached hydrogens (tertiary/aromatic N) is 2. The minimum atomic E-state index is -0.306. The van der Waals surface area contributed by atoms with Gasteiger partial charge in [0.15, 0.2) is 0 Å². The molecule has 3 rings (SSSR count). The Morgan fingerprint density at radius 1 is 1.00 bits per heavy atom. The monoisotopic (exact) mass is 253 g/mol. The van der Waals surface area contributed by atoms with Crippen LogP contribution in [0, 0.1) is 0 Å². The Morgan fingerprint density at radius 3 is 2.11 bits per heavy atom. The van der Waals surface area contributed by atoms with Crippen LogP contribution in [-0.2, 0) is 0 Å². The minimum Gasteiger partial charge on any atom is -0.373 e. The maximum atomic E-state index is 12.2. The molecular formula is C14H11N3O2. The molecule has 1 N–H and O–H groups in total. The molecule has 0 bridgehead atoms. The summed E-state index contributed by atoms with van der Waals surface area (Å²) < 4.78 is 0. The molecule has 0 aliphatic carbocycles. The van der Waals surface area contributed by atoms with Crippen molar-refractivity contribution in [2.75, 3.05) is 17.3 Å². The number of imide groups is 1. The van der Waals surface area contributed by atoms with Crippen LogP contribution in [0.15, 0.2) is 42.6 Å². The van der Waals surface area contributed by atoms with Crippen molar-refractivity contribution in [3.8, 4) is 0 Å². The first-order valence-electron chi connectivity index (χ1n) is 5.84. The van der Waals surface area contributed by atoms with Crippen LogP contribution in [0.4, 0.5) is 11.5 Å². The number of carbonyl (C=O) groups is 2. The zero-order valence-electron chi connectivity index (χ0n) is 10.3. The van der Waals surface area contributed by atoms with Gasteiger partial charge < -0.3 is 5.32 Å². The normalized spacial score (nSPS) is 13.6. The average molecular weight is 253 g/mol. The number of anilines is 2. The van der Waals surface area contributed by atoms with E-state index in [0.29, 0.717) is 22.6 Å². The molecule has 5 nitrogen and oxygen atoms in total. The fourth-order valence-corrected chi connectivity index (χ4v) is 2.09. The highest BCUT2D eigenvalue weighted by atomic mass is 16.2. The van der Waals surface area contributed by atoms with Crippen LogP contribution in [0.1, 0.15) is 20.7 Å². The van der Waals surface area contributed by atoms with E-state index in [0.717, 1.165) is 4.90 Å². The van der Waals surface area contributed by atoms with Gasteiger partial charge in [0.25, 0.3) is 11.8 Å². The third kappa shape index (κ3) is 1.67. The van der Waals surface area contributed by atoms with Crippen molar-refractivity contribution in [2.45, 2.75) is 0 Å². The van der Waals surface area contributed by atoms with Crippen LogP contribution in [-0.4, -0.2) is 23.8 Å². The molecular weight excluding hydrogens is 242 g/mol. The minimum absolute atomic E-state index is 0.306. The first-order valence-corrected chi connectivity index (χ1v) is 5.84. The zero-order valence-corrected chi connectivity index (χ0v) is 10.3. The molecule has 5 heteroatoms. The Morgan fingerprint density at radius 2 is 1.63 bits per heavy atom. The molecule has 2 amide bonds. The second kappa shape index (κ2) is 4.20. The zero-order chi connectivity index (χ0) is 13.4. The summed E-state index contributed by atoms with van der Waals surface area (Å²) in [7, 11) is 1.75. The molecule has 94 valence electrons. The summed E-state index contributed by atoms with van der Waals surface area (Å²) in [4.78, 5) is 29.7. The van der Waals surface area contributed by atoms with E-state index in [1.54, 1.807) is 43.4 Å².